The topological polar surface area (TPSA) is 54.5 Å². The Morgan fingerprint density at radius 3 is 2.38 bits per heavy atom. The van der Waals surface area contributed by atoms with Gasteiger partial charge >= 0.3 is 0 Å². The molecule has 1 aliphatic rings. The van der Waals surface area contributed by atoms with Gasteiger partial charge < -0.3 is 4.90 Å². The number of rotatable bonds is 5. The van der Waals surface area contributed by atoms with Crippen LogP contribution < -0.4 is 0 Å². The zero-order valence-corrected chi connectivity index (χ0v) is 12.1. The van der Waals surface area contributed by atoms with Crippen LogP contribution in [0.5, 0.6) is 0 Å². The van der Waals surface area contributed by atoms with E-state index in [1.807, 2.05) is 0 Å². The molecule has 1 rings (SSSR count). The van der Waals surface area contributed by atoms with Crippen molar-refractivity contribution in [2.75, 3.05) is 18.1 Å². The molecule has 4 nitrogen and oxygen atoms in total. The van der Waals surface area contributed by atoms with E-state index < -0.39 is 15.1 Å². The molecule has 1 aliphatic carbocycles. The summed E-state index contributed by atoms with van der Waals surface area (Å²) >= 11 is 3.30. The fourth-order valence-corrected chi connectivity index (χ4v) is 2.56. The van der Waals surface area contributed by atoms with Gasteiger partial charge in [0.05, 0.1) is 0 Å². The van der Waals surface area contributed by atoms with E-state index in [2.05, 4.69) is 15.9 Å². The summed E-state index contributed by atoms with van der Waals surface area (Å²) < 4.78 is 22.7. The first-order valence-corrected chi connectivity index (χ1v) is 8.51. The number of nitrogens with zero attached hydrogens (tertiary/aromatic N) is 1. The molecule has 0 radical (unpaired) electrons. The van der Waals surface area contributed by atoms with Crippen molar-refractivity contribution in [3.05, 3.63) is 0 Å². The van der Waals surface area contributed by atoms with Crippen LogP contribution in [0.3, 0.4) is 0 Å². The largest absolute Gasteiger partial charge is 0.338 e. The van der Waals surface area contributed by atoms with Crippen LogP contribution in [0.1, 0.15) is 26.2 Å². The summed E-state index contributed by atoms with van der Waals surface area (Å²) in [6, 6.07) is 0.245. The van der Waals surface area contributed by atoms with Crippen molar-refractivity contribution in [1.29, 1.82) is 0 Å². The average molecular weight is 312 g/mol. The summed E-state index contributed by atoms with van der Waals surface area (Å²) in [5, 5.41) is -0.238. The van der Waals surface area contributed by atoms with Crippen molar-refractivity contribution in [2.45, 2.75) is 37.5 Å². The quantitative estimate of drug-likeness (QED) is 0.717. The summed E-state index contributed by atoms with van der Waals surface area (Å²) in [6.45, 7) is 2.06. The fraction of sp³-hybridized carbons (Fsp3) is 0.900. The van der Waals surface area contributed by atoms with Gasteiger partial charge in [-0.05, 0) is 26.2 Å². The molecular formula is C10H18BrNO3S. The Labute approximate surface area is 105 Å². The van der Waals surface area contributed by atoms with Crippen LogP contribution in [0, 0.1) is 0 Å². The number of hydrogen-bond acceptors (Lipinski definition) is 3. The van der Waals surface area contributed by atoms with E-state index >= 15 is 0 Å². The van der Waals surface area contributed by atoms with Crippen molar-refractivity contribution < 1.29 is 13.2 Å². The molecule has 0 aliphatic heterocycles. The highest BCUT2D eigenvalue weighted by molar-refractivity contribution is 9.09. The maximum absolute atomic E-state index is 12.0. The van der Waals surface area contributed by atoms with Crippen LogP contribution in [-0.2, 0) is 14.6 Å². The Kier molecular flexibility index (Phi) is 4.79. The van der Waals surface area contributed by atoms with Gasteiger partial charge in [-0.3, -0.25) is 4.79 Å². The van der Waals surface area contributed by atoms with Gasteiger partial charge in [-0.25, -0.2) is 8.42 Å². The van der Waals surface area contributed by atoms with Gasteiger partial charge in [0, 0.05) is 24.2 Å². The number of sulfone groups is 1. The summed E-state index contributed by atoms with van der Waals surface area (Å²) in [5.74, 6) is -0.258. The van der Waals surface area contributed by atoms with Gasteiger partial charge in [0.15, 0.2) is 9.84 Å². The molecule has 0 bridgehead atoms. The normalized spacial score (nSPS) is 18.9. The summed E-state index contributed by atoms with van der Waals surface area (Å²) in [6.07, 6.45) is 4.23. The third kappa shape index (κ3) is 3.20. The highest BCUT2D eigenvalue weighted by atomic mass is 79.9. The second-order valence-electron chi connectivity index (χ2n) is 4.28. The number of carbonyl (C=O) groups is 1. The molecule has 0 aromatic rings. The number of amides is 1. The summed E-state index contributed by atoms with van der Waals surface area (Å²) in [4.78, 5) is 13.8. The zero-order valence-electron chi connectivity index (χ0n) is 9.65. The maximum atomic E-state index is 12.0. The minimum Gasteiger partial charge on any atom is -0.338 e. The molecule has 0 spiro atoms. The molecule has 0 heterocycles. The first-order valence-electron chi connectivity index (χ1n) is 5.43. The number of halogens is 1. The van der Waals surface area contributed by atoms with Gasteiger partial charge in [0.25, 0.3) is 0 Å². The van der Waals surface area contributed by atoms with E-state index in [4.69, 9.17) is 0 Å². The molecule has 94 valence electrons. The smallest absolute Gasteiger partial charge is 0.240 e. The second kappa shape index (κ2) is 5.49. The lowest BCUT2D eigenvalue weighted by Crippen LogP contribution is -2.50. The molecule has 16 heavy (non-hydrogen) atoms. The SMILES string of the molecule is CC(C(=O)N(CCBr)C1CCC1)S(C)(=O)=O. The molecule has 0 N–H and O–H groups in total. The standard InChI is InChI=1S/C10H18BrNO3S/c1-8(16(2,14)15)10(13)12(7-6-11)9-4-3-5-9/h8-9H,3-7H2,1-2H3. The number of alkyl halides is 1. The summed E-state index contributed by atoms with van der Waals surface area (Å²) in [5.41, 5.74) is 0. The molecule has 1 fully saturated rings. The molecule has 1 atom stereocenters. The van der Waals surface area contributed by atoms with Gasteiger partial charge in [-0.1, -0.05) is 15.9 Å². The highest BCUT2D eigenvalue weighted by Gasteiger charge is 2.34. The molecule has 1 amide bonds. The predicted molar refractivity (Wildman–Crippen MR) is 67.5 cm³/mol. The lowest BCUT2D eigenvalue weighted by atomic mass is 9.91. The average Bonchev–Trinajstić information content (AvgIpc) is 2.10. The Morgan fingerprint density at radius 1 is 1.50 bits per heavy atom. The molecule has 1 saturated carbocycles. The van der Waals surface area contributed by atoms with Crippen LogP contribution in [0.4, 0.5) is 0 Å². The first kappa shape index (κ1) is 14.0. The number of carbonyl (C=O) groups excluding carboxylic acids is 1. The van der Waals surface area contributed by atoms with E-state index in [-0.39, 0.29) is 11.9 Å². The number of hydrogen-bond donors (Lipinski definition) is 0. The van der Waals surface area contributed by atoms with Crippen LogP contribution in [0.2, 0.25) is 0 Å². The van der Waals surface area contributed by atoms with Crippen molar-refractivity contribution >= 4 is 31.7 Å². The van der Waals surface area contributed by atoms with Gasteiger partial charge in [-0.2, -0.15) is 0 Å². The van der Waals surface area contributed by atoms with E-state index in [0.717, 1.165) is 25.5 Å². The highest BCUT2D eigenvalue weighted by Crippen LogP contribution is 2.26. The van der Waals surface area contributed by atoms with Gasteiger partial charge in [0.1, 0.15) is 5.25 Å². The van der Waals surface area contributed by atoms with E-state index in [1.165, 1.54) is 6.92 Å². The van der Waals surface area contributed by atoms with Crippen molar-refractivity contribution in [3.8, 4) is 0 Å². The maximum Gasteiger partial charge on any atom is 0.240 e. The predicted octanol–water partition coefficient (Wildman–Crippen LogP) is 1.20. The molecule has 0 aromatic carbocycles. The lowest BCUT2D eigenvalue weighted by molar-refractivity contribution is -0.134. The molecule has 6 heteroatoms. The monoisotopic (exact) mass is 311 g/mol. The van der Waals surface area contributed by atoms with Crippen LogP contribution in [0.25, 0.3) is 0 Å². The van der Waals surface area contributed by atoms with Gasteiger partial charge in [0.2, 0.25) is 5.91 Å². The van der Waals surface area contributed by atoms with Crippen LogP contribution in [0.15, 0.2) is 0 Å². The van der Waals surface area contributed by atoms with E-state index in [1.54, 1.807) is 4.90 Å². The Hall–Kier alpha value is -0.100. The third-order valence-electron chi connectivity index (χ3n) is 3.11. The zero-order chi connectivity index (χ0) is 12.3. The van der Waals surface area contributed by atoms with Crippen LogP contribution in [-0.4, -0.2) is 48.6 Å². The fourth-order valence-electron chi connectivity index (χ4n) is 1.68. The minimum absolute atomic E-state index is 0.245. The van der Waals surface area contributed by atoms with E-state index in [9.17, 15) is 13.2 Å². The molecule has 0 saturated heterocycles. The third-order valence-corrected chi connectivity index (χ3v) is 4.95. The molecular weight excluding hydrogens is 294 g/mol. The Balaban J connectivity index is 2.74. The van der Waals surface area contributed by atoms with Crippen molar-refractivity contribution in [1.82, 2.24) is 4.90 Å². The summed E-state index contributed by atoms with van der Waals surface area (Å²) in [7, 11) is -3.29. The van der Waals surface area contributed by atoms with Crippen LogP contribution >= 0.6 is 15.9 Å². The van der Waals surface area contributed by atoms with Crippen molar-refractivity contribution in [2.24, 2.45) is 0 Å². The minimum atomic E-state index is -3.29. The van der Waals surface area contributed by atoms with E-state index in [0.29, 0.717) is 11.9 Å². The first-order chi connectivity index (χ1) is 7.38. The Morgan fingerprint density at radius 2 is 2.06 bits per heavy atom. The molecule has 0 aromatic heterocycles. The van der Waals surface area contributed by atoms with Crippen molar-refractivity contribution in [3.63, 3.8) is 0 Å². The van der Waals surface area contributed by atoms with Gasteiger partial charge in [-0.15, -0.1) is 0 Å². The molecule has 1 unspecified atom stereocenters. The lowest BCUT2D eigenvalue weighted by Gasteiger charge is -2.38. The second-order valence-corrected chi connectivity index (χ2v) is 7.44. The Bertz CT molecular complexity index is 351.